The van der Waals surface area contributed by atoms with Gasteiger partial charge in [-0.1, -0.05) is 381 Å². The number of hydrogen-bond donors (Lipinski definition) is 2. The molecule has 2 N–H and O–H groups in total. The Labute approximate surface area is 659 Å². The number of aryl methyl sites for hydroxylation is 1. The third kappa shape index (κ3) is 106. The van der Waals surface area contributed by atoms with E-state index in [1.165, 1.54) is 82.2 Å². The van der Waals surface area contributed by atoms with E-state index in [4.69, 9.17) is 0 Å². The van der Waals surface area contributed by atoms with E-state index in [2.05, 4.69) is 294 Å². The number of allylic oxidation sites excluding steroid dienone is 10. The van der Waals surface area contributed by atoms with Crippen molar-refractivity contribution in [3.63, 3.8) is 0 Å². The molecule has 5 heteroatoms. The highest BCUT2D eigenvalue weighted by molar-refractivity contribution is 8.00. The molecule has 0 bridgehead atoms. The van der Waals surface area contributed by atoms with Crippen molar-refractivity contribution in [2.45, 2.75) is 400 Å². The molecule has 103 heavy (non-hydrogen) atoms. The second-order valence-electron chi connectivity index (χ2n) is 33.7. The predicted octanol–water partition coefficient (Wildman–Crippen LogP) is 34.7. The van der Waals surface area contributed by atoms with Gasteiger partial charge in [-0.3, -0.25) is 4.79 Å². The molecule has 0 radical (unpaired) electrons. The number of unbranched alkanes of at least 4 members (excludes halogenated alkanes) is 1. The molecule has 4 nitrogen and oxygen atoms in total. The number of carbonyl (C=O) groups is 2. The van der Waals surface area contributed by atoms with E-state index < -0.39 is 0 Å². The fourth-order valence-electron chi connectivity index (χ4n) is 6.55. The molecule has 0 aliphatic carbocycles. The monoisotopic (exact) mass is 1460 g/mol. The Morgan fingerprint density at radius 2 is 0.883 bits per heavy atom. The second-order valence-corrected chi connectivity index (χ2v) is 35.0. The van der Waals surface area contributed by atoms with Gasteiger partial charge in [-0.15, -0.1) is 39.5 Å². The van der Waals surface area contributed by atoms with Gasteiger partial charge in [0.2, 0.25) is 0 Å². The lowest BCUT2D eigenvalue weighted by Gasteiger charge is -2.34. The molecule has 2 fully saturated rings. The second kappa shape index (κ2) is 77.3. The maximum absolute atomic E-state index is 11.8. The Kier molecular flexibility index (Phi) is 98.5. The van der Waals surface area contributed by atoms with Crippen molar-refractivity contribution < 1.29 is 9.59 Å². The van der Waals surface area contributed by atoms with Gasteiger partial charge in [-0.05, 0) is 165 Å². The van der Waals surface area contributed by atoms with Gasteiger partial charge in [0.25, 0.3) is 0 Å². The van der Waals surface area contributed by atoms with Crippen LogP contribution in [-0.4, -0.2) is 34.9 Å². The molecule has 2 heterocycles. The number of ketones is 1. The highest BCUT2D eigenvalue weighted by Gasteiger charge is 2.42. The van der Waals surface area contributed by atoms with E-state index in [1.807, 2.05) is 143 Å². The molecule has 614 valence electrons. The molecule has 3 atom stereocenters. The van der Waals surface area contributed by atoms with Crippen molar-refractivity contribution >= 4 is 29.1 Å². The summed E-state index contributed by atoms with van der Waals surface area (Å²) in [4.78, 5) is 23.1. The highest BCUT2D eigenvalue weighted by Crippen LogP contribution is 2.37. The number of nitrogens with one attached hydrogen (secondary N) is 2. The van der Waals surface area contributed by atoms with Crippen LogP contribution in [0.3, 0.4) is 0 Å². The van der Waals surface area contributed by atoms with E-state index >= 15 is 0 Å². The van der Waals surface area contributed by atoms with Gasteiger partial charge in [0.1, 0.15) is 5.78 Å². The summed E-state index contributed by atoms with van der Waals surface area (Å²) in [6.07, 6.45) is 14.1. The van der Waals surface area contributed by atoms with E-state index in [0.717, 1.165) is 54.9 Å². The fourth-order valence-corrected chi connectivity index (χ4v) is 8.09. The zero-order chi connectivity index (χ0) is 86.5. The van der Waals surface area contributed by atoms with Crippen molar-refractivity contribution in [3.05, 3.63) is 165 Å². The van der Waals surface area contributed by atoms with Gasteiger partial charge >= 0.3 is 6.03 Å². The molecule has 0 spiro atoms. The van der Waals surface area contributed by atoms with Crippen LogP contribution in [0.4, 0.5) is 4.79 Å². The molecule has 1 aromatic rings. The minimum Gasteiger partial charge on any atom is -0.332 e. The smallest absolute Gasteiger partial charge is 0.315 e. The number of hydrogen-bond acceptors (Lipinski definition) is 3. The maximum Gasteiger partial charge on any atom is 0.315 e. The Hall–Kier alpha value is -4.35. The van der Waals surface area contributed by atoms with Crippen molar-refractivity contribution in [1.82, 2.24) is 10.6 Å². The first-order valence-corrected chi connectivity index (χ1v) is 40.9. The lowest BCUT2D eigenvalue weighted by atomic mass is 9.71. The third-order valence-electron chi connectivity index (χ3n) is 15.2. The number of Topliss-reactive ketones (excluding diaryl/α,β-unsaturated/α-hetero) is 1. The summed E-state index contributed by atoms with van der Waals surface area (Å²) in [5, 5.41) is 6.46. The van der Waals surface area contributed by atoms with Gasteiger partial charge in [0.05, 0.1) is 12.1 Å². The Balaban J connectivity index is -0.0000000717. The number of urea groups is 1. The van der Waals surface area contributed by atoms with Gasteiger partial charge in [-0.2, -0.15) is 11.8 Å². The van der Waals surface area contributed by atoms with Crippen molar-refractivity contribution in [2.75, 3.05) is 5.75 Å². The van der Waals surface area contributed by atoms with E-state index in [9.17, 15) is 9.59 Å². The Bertz CT molecular complexity index is 2210. The van der Waals surface area contributed by atoms with Crippen LogP contribution in [0.25, 0.3) is 5.57 Å². The van der Waals surface area contributed by atoms with Crippen LogP contribution in [0, 0.1) is 50.7 Å². The average Bonchev–Trinajstić information content (AvgIpc) is 1.67. The summed E-state index contributed by atoms with van der Waals surface area (Å²) in [6, 6.07) is 8.96. The summed E-state index contributed by atoms with van der Waals surface area (Å²) in [5.74, 6) is 2.16. The first-order chi connectivity index (χ1) is 46.7. The fraction of sp³-hybridized carbons (Fsp3) is 0.694. The van der Waals surface area contributed by atoms with Crippen molar-refractivity contribution in [1.29, 1.82) is 0 Å². The number of amides is 2. The Morgan fingerprint density at radius 1 is 0.534 bits per heavy atom. The van der Waals surface area contributed by atoms with E-state index in [0.29, 0.717) is 50.6 Å². The number of benzene rings is 1. The lowest BCUT2D eigenvalue weighted by Crippen LogP contribution is -2.36. The maximum atomic E-state index is 11.8. The molecule has 2 saturated heterocycles. The summed E-state index contributed by atoms with van der Waals surface area (Å²) in [7, 11) is 0. The molecule has 0 aromatic heterocycles. The summed E-state index contributed by atoms with van der Waals surface area (Å²) < 4.78 is 0. The highest BCUT2D eigenvalue weighted by atomic mass is 32.2. The summed E-state index contributed by atoms with van der Waals surface area (Å²) in [5.41, 5.74) is 15.9. The predicted molar refractivity (Wildman–Crippen MR) is 496 cm³/mol. The van der Waals surface area contributed by atoms with Crippen LogP contribution in [-0.2, 0) is 4.79 Å². The van der Waals surface area contributed by atoms with Crippen molar-refractivity contribution in [3.8, 4) is 0 Å². The third-order valence-corrected chi connectivity index (χ3v) is 16.7. The molecule has 2 aliphatic rings. The normalized spacial score (nSPS) is 13.1. The first kappa shape index (κ1) is 131. The van der Waals surface area contributed by atoms with Crippen LogP contribution in [0.2, 0.25) is 0 Å². The van der Waals surface area contributed by atoms with Gasteiger partial charge in [-0.25, -0.2) is 4.79 Å². The van der Waals surface area contributed by atoms with Crippen LogP contribution >= 0.6 is 11.8 Å². The van der Waals surface area contributed by atoms with E-state index in [1.54, 1.807) is 6.08 Å². The molecular weight excluding hydrogens is 1270 g/mol. The standard InChI is InChI=1S/C14H24N2O2S.C12H24.C11H22.C10H12.C8H18.C8H14.C7H16.C6H10.2C4H8.5C2H6.2C2H4/c1-14(2,3)11(17)7-5-4-6-10-12-9(8-19-10)15-13(18)16-12;1-10(12(5,6)7)8-9-11(2,3)4;1-9(2)7-8-10(3)11(4,5)6;1-8(2)10-6-4-9(3)5-7-10;1-7(2,3)8(4,5)6;1-6(2)8(5)7(3)4;1-5-6-7(2,3)4;1-4-6(3)5-2;2*1-4(2)3;7*1-2/h9-10,12H,4-8H2,1-3H3,(H2,15,16,18);1,8-9H2,2-7H3;9H,3,7-8H2,1-2,4-6H3;4-7H,1H2,2-3H3;1-6H3;1H2,2-5H3;5-6H2,1-4H3;4H,1,3,5H2,2H3;2*1H2,2-3H3;5*1-2H3;2*1-2H2/t9-,10-,12-;;;;;;;;;;;;;;;;/m0................/s1. The zero-order valence-electron chi connectivity index (χ0n) is 79.4. The van der Waals surface area contributed by atoms with Crippen LogP contribution in [0.15, 0.2) is 154 Å². The molecule has 2 aliphatic heterocycles. The van der Waals surface area contributed by atoms with Crippen LogP contribution in [0.5, 0.6) is 0 Å². The quantitative estimate of drug-likeness (QED) is 0.0796. The average molecular weight is 1460 g/mol. The lowest BCUT2D eigenvalue weighted by molar-refractivity contribution is -0.126. The zero-order valence-corrected chi connectivity index (χ0v) is 80.2. The number of fused-ring (bicyclic) bond motifs is 1. The SMILES string of the molecule is C=C.C=C.C=C(C)C.C=C(C)C.C=C(C)C(C)=C(C)C.C=C(C)c1ccc(C)cc1.C=C(CCC(C)(C)C)C(C)(C)C.C=C(CCC(C)C)C(C)(C)C.C=CC(=C)CC.CC.CC.CC.CC.CC.CC(C)(C)C(=O)CCCC[C@@H]1SC[C@@H]2NC(=O)N[C@@H]21.CC(C)(C)C(C)(C)C.CCCC(C)(C)C. The molecule has 1 aromatic carbocycles. The van der Waals surface area contributed by atoms with E-state index in [-0.39, 0.29) is 22.9 Å². The Morgan fingerprint density at radius 3 is 1.11 bits per heavy atom. The molecule has 0 saturated carbocycles. The molecule has 2 amide bonds. The van der Waals surface area contributed by atoms with Crippen molar-refractivity contribution in [2.24, 2.45) is 43.8 Å². The van der Waals surface area contributed by atoms with Crippen LogP contribution < -0.4 is 10.6 Å². The number of carbonyl (C=O) groups excluding carboxylic acids is 2. The summed E-state index contributed by atoms with van der Waals surface area (Å²) in [6.45, 7) is 138. The van der Waals surface area contributed by atoms with Crippen LogP contribution in [0.1, 0.15) is 386 Å². The summed E-state index contributed by atoms with van der Waals surface area (Å²) >= 11 is 1.94. The van der Waals surface area contributed by atoms with Gasteiger partial charge in [0.15, 0.2) is 0 Å². The minimum absolute atomic E-state index is 0.0248. The number of rotatable bonds is 15. The molecule has 3 rings (SSSR count). The number of thioether (sulfide) groups is 1. The molecule has 0 unspecified atom stereocenters. The van der Waals surface area contributed by atoms with Gasteiger partial charge < -0.3 is 10.6 Å². The molecular formula is C98H194N2O2S. The minimum atomic E-state index is -0.212. The topological polar surface area (TPSA) is 58.2 Å². The first-order valence-electron chi connectivity index (χ1n) is 39.8. The largest absolute Gasteiger partial charge is 0.332 e. The van der Waals surface area contributed by atoms with Gasteiger partial charge in [0, 0.05) is 22.8 Å².